The van der Waals surface area contributed by atoms with Crippen LogP contribution in [0.1, 0.15) is 32.1 Å². The lowest BCUT2D eigenvalue weighted by molar-refractivity contribution is -0.117. The van der Waals surface area contributed by atoms with Crippen molar-refractivity contribution in [2.75, 3.05) is 17.6 Å². The van der Waals surface area contributed by atoms with Gasteiger partial charge in [0.05, 0.1) is 6.04 Å². The summed E-state index contributed by atoms with van der Waals surface area (Å²) in [7, 11) is 0. The second kappa shape index (κ2) is 10.6. The first-order valence-corrected chi connectivity index (χ1v) is 10.4. The van der Waals surface area contributed by atoms with Gasteiger partial charge in [-0.3, -0.25) is 4.79 Å². The molecule has 1 aliphatic rings. The number of nitrogens with two attached hydrogens (primary N) is 3. The molecule has 9 nitrogen and oxygen atoms in total. The van der Waals surface area contributed by atoms with Crippen molar-refractivity contribution in [3.63, 3.8) is 0 Å². The maximum Gasteiger partial charge on any atom is 0.242 e. The maximum atomic E-state index is 12.2. The molecular weight excluding hydrogens is 394 g/mol. The first-order chi connectivity index (χ1) is 15.0. The van der Waals surface area contributed by atoms with Gasteiger partial charge in [-0.05, 0) is 56.5 Å². The van der Waals surface area contributed by atoms with Crippen molar-refractivity contribution >= 4 is 28.9 Å². The molecule has 0 bridgehead atoms. The number of allylic oxidation sites excluding steroid dienone is 1. The summed E-state index contributed by atoms with van der Waals surface area (Å²) in [5.74, 6) is 1.87. The molecule has 31 heavy (non-hydrogen) atoms. The van der Waals surface area contributed by atoms with Gasteiger partial charge in [-0.25, -0.2) is 4.98 Å². The molecule has 1 fully saturated rings. The van der Waals surface area contributed by atoms with Crippen LogP contribution in [0.5, 0.6) is 5.75 Å². The van der Waals surface area contributed by atoms with Crippen LogP contribution in [0.15, 0.2) is 59.0 Å². The predicted octanol–water partition coefficient (Wildman–Crippen LogP) is 3.78. The topological polar surface area (TPSA) is 154 Å². The quantitative estimate of drug-likeness (QED) is 0.245. The largest absolute Gasteiger partial charge is 0.460 e. The molecule has 1 amide bonds. The number of nitrogens with one attached hydrogen (secondary N) is 1. The number of benzene rings is 1. The molecule has 1 heterocycles. The molecule has 2 aromatic rings. The van der Waals surface area contributed by atoms with Crippen molar-refractivity contribution in [1.82, 2.24) is 4.98 Å². The number of aromatic nitrogens is 1. The fourth-order valence-electron chi connectivity index (χ4n) is 2.84. The molecule has 1 atom stereocenters. The normalized spacial score (nSPS) is 14.4. The van der Waals surface area contributed by atoms with Gasteiger partial charge in [0.2, 0.25) is 5.91 Å². The molecule has 0 spiro atoms. The Labute approximate surface area is 181 Å². The summed E-state index contributed by atoms with van der Waals surface area (Å²) in [6.45, 7) is 4.56. The van der Waals surface area contributed by atoms with E-state index in [1.807, 2.05) is 18.2 Å². The van der Waals surface area contributed by atoms with E-state index in [4.69, 9.17) is 21.9 Å². The van der Waals surface area contributed by atoms with Crippen LogP contribution in [0.3, 0.4) is 0 Å². The maximum absolute atomic E-state index is 12.2. The van der Waals surface area contributed by atoms with Crippen LogP contribution >= 0.6 is 0 Å². The van der Waals surface area contributed by atoms with Gasteiger partial charge in [0, 0.05) is 5.92 Å². The minimum absolute atomic E-state index is 0.138. The van der Waals surface area contributed by atoms with Crippen molar-refractivity contribution in [2.45, 2.75) is 38.1 Å². The lowest BCUT2D eigenvalue weighted by Gasteiger charge is -2.12. The summed E-state index contributed by atoms with van der Waals surface area (Å²) in [5, 5.41) is 11.1. The summed E-state index contributed by atoms with van der Waals surface area (Å²) in [4.78, 5) is 16.4. The number of nitrogen functional groups attached to an aromatic ring is 1. The SMILES string of the molecule is C=C(Oc1ccccc1N=Nc1ccc(NC(=O)[C@@H](N)CCCCN)nc1N)C1CC1. The molecule has 3 rings (SSSR count). The smallest absolute Gasteiger partial charge is 0.242 e. The van der Waals surface area contributed by atoms with Gasteiger partial charge in [-0.15, -0.1) is 10.2 Å². The number of nitrogens with zero attached hydrogens (tertiary/aromatic N) is 3. The Kier molecular flexibility index (Phi) is 7.69. The Morgan fingerprint density at radius 1 is 1.19 bits per heavy atom. The van der Waals surface area contributed by atoms with E-state index in [0.717, 1.165) is 31.4 Å². The minimum Gasteiger partial charge on any atom is -0.460 e. The highest BCUT2D eigenvalue weighted by Gasteiger charge is 2.26. The molecule has 0 saturated heterocycles. The fourth-order valence-corrected chi connectivity index (χ4v) is 2.84. The predicted molar refractivity (Wildman–Crippen MR) is 121 cm³/mol. The van der Waals surface area contributed by atoms with E-state index in [9.17, 15) is 4.79 Å². The Bertz CT molecular complexity index is 957. The molecular formula is C22H29N7O2. The number of hydrogen-bond acceptors (Lipinski definition) is 8. The van der Waals surface area contributed by atoms with Crippen molar-refractivity contribution in [3.8, 4) is 5.75 Å². The monoisotopic (exact) mass is 423 g/mol. The Hall–Kier alpha value is -3.30. The van der Waals surface area contributed by atoms with Crippen LogP contribution in [-0.2, 0) is 4.79 Å². The van der Waals surface area contributed by atoms with Gasteiger partial charge < -0.3 is 27.3 Å². The van der Waals surface area contributed by atoms with Crippen LogP contribution in [0.25, 0.3) is 0 Å². The number of para-hydroxylation sites is 1. The first-order valence-electron chi connectivity index (χ1n) is 10.4. The molecule has 0 unspecified atom stereocenters. The first kappa shape index (κ1) is 22.4. The molecule has 1 aliphatic carbocycles. The molecule has 9 heteroatoms. The Morgan fingerprint density at radius 2 is 1.94 bits per heavy atom. The van der Waals surface area contributed by atoms with Crippen LogP contribution in [0.2, 0.25) is 0 Å². The van der Waals surface area contributed by atoms with Gasteiger partial charge in [0.25, 0.3) is 0 Å². The zero-order valence-electron chi connectivity index (χ0n) is 17.5. The minimum atomic E-state index is -0.629. The van der Waals surface area contributed by atoms with Gasteiger partial charge in [0.1, 0.15) is 23.0 Å². The third-order valence-electron chi connectivity index (χ3n) is 4.86. The molecule has 1 aromatic heterocycles. The van der Waals surface area contributed by atoms with Crippen molar-refractivity contribution in [2.24, 2.45) is 27.6 Å². The number of hydrogen-bond donors (Lipinski definition) is 4. The van der Waals surface area contributed by atoms with Crippen molar-refractivity contribution < 1.29 is 9.53 Å². The van der Waals surface area contributed by atoms with E-state index in [2.05, 4.69) is 27.1 Å². The fraction of sp³-hybridized carbons (Fsp3) is 0.364. The van der Waals surface area contributed by atoms with Crippen LogP contribution < -0.4 is 27.3 Å². The van der Waals surface area contributed by atoms with E-state index < -0.39 is 6.04 Å². The summed E-state index contributed by atoms with van der Waals surface area (Å²) >= 11 is 0. The summed E-state index contributed by atoms with van der Waals surface area (Å²) in [6.07, 6.45) is 4.38. The summed E-state index contributed by atoms with van der Waals surface area (Å²) in [6, 6.07) is 9.93. The number of ether oxygens (including phenoxy) is 1. The lowest BCUT2D eigenvalue weighted by atomic mass is 10.1. The Morgan fingerprint density at radius 3 is 2.65 bits per heavy atom. The van der Waals surface area contributed by atoms with Crippen LogP contribution in [0, 0.1) is 5.92 Å². The average Bonchev–Trinajstić information content (AvgIpc) is 3.60. The number of unbranched alkanes of at least 4 members (excludes halogenated alkanes) is 1. The van der Waals surface area contributed by atoms with Crippen LogP contribution in [0.4, 0.5) is 23.0 Å². The number of azo groups is 1. The number of pyridine rings is 1. The molecule has 0 radical (unpaired) electrons. The highest BCUT2D eigenvalue weighted by atomic mass is 16.5. The highest BCUT2D eigenvalue weighted by Crippen LogP contribution is 2.39. The third kappa shape index (κ3) is 6.59. The molecule has 0 aliphatic heterocycles. The molecule has 164 valence electrons. The number of carbonyl (C=O) groups is 1. The standard InChI is InChI=1S/C22H29N7O2/c1-14(15-9-10-15)31-19-8-3-2-7-17(19)28-29-18-11-12-20(26-21(18)25)27-22(30)16(24)6-4-5-13-23/h2-3,7-8,11-12,15-16H,1,4-6,9-10,13,23-24H2,(H3,25,26,27,30)/t16-/m0/s1. The average molecular weight is 424 g/mol. The van der Waals surface area contributed by atoms with Gasteiger partial charge in [0.15, 0.2) is 11.6 Å². The highest BCUT2D eigenvalue weighted by molar-refractivity contribution is 5.94. The number of carbonyl (C=O) groups excluding carboxylic acids is 1. The van der Waals surface area contributed by atoms with Crippen LogP contribution in [-0.4, -0.2) is 23.5 Å². The van der Waals surface area contributed by atoms with E-state index in [1.54, 1.807) is 18.2 Å². The van der Waals surface area contributed by atoms with E-state index in [-0.39, 0.29) is 11.7 Å². The van der Waals surface area contributed by atoms with Gasteiger partial charge in [-0.2, -0.15) is 0 Å². The van der Waals surface area contributed by atoms with E-state index >= 15 is 0 Å². The van der Waals surface area contributed by atoms with Gasteiger partial charge in [-0.1, -0.05) is 25.1 Å². The zero-order valence-corrected chi connectivity index (χ0v) is 17.5. The molecule has 1 aromatic carbocycles. The van der Waals surface area contributed by atoms with Crippen molar-refractivity contribution in [3.05, 3.63) is 48.7 Å². The summed E-state index contributed by atoms with van der Waals surface area (Å²) < 4.78 is 5.85. The number of anilines is 2. The number of rotatable bonds is 11. The second-order valence-corrected chi connectivity index (χ2v) is 7.49. The van der Waals surface area contributed by atoms with Crippen molar-refractivity contribution in [1.29, 1.82) is 0 Å². The van der Waals surface area contributed by atoms with E-state index in [0.29, 0.717) is 41.8 Å². The van der Waals surface area contributed by atoms with Gasteiger partial charge >= 0.3 is 0 Å². The second-order valence-electron chi connectivity index (χ2n) is 7.49. The van der Waals surface area contributed by atoms with E-state index in [1.165, 1.54) is 0 Å². The molecule has 1 saturated carbocycles. The zero-order chi connectivity index (χ0) is 22.2. The summed E-state index contributed by atoms with van der Waals surface area (Å²) in [5.41, 5.74) is 18.3. The number of amides is 1. The Balaban J connectivity index is 1.63. The molecule has 7 N–H and O–H groups in total. The third-order valence-corrected chi connectivity index (χ3v) is 4.86. The lowest BCUT2D eigenvalue weighted by Crippen LogP contribution is -2.35.